The van der Waals surface area contributed by atoms with E-state index in [4.69, 9.17) is 23.7 Å². The fourth-order valence-electron chi connectivity index (χ4n) is 2.85. The van der Waals surface area contributed by atoms with Crippen molar-refractivity contribution in [2.75, 3.05) is 34.5 Å². The van der Waals surface area contributed by atoms with Gasteiger partial charge in [0.25, 0.3) is 5.91 Å². The average molecular weight is 465 g/mol. The van der Waals surface area contributed by atoms with Gasteiger partial charge in [0.2, 0.25) is 0 Å². The van der Waals surface area contributed by atoms with Crippen LogP contribution < -0.4 is 24.4 Å². The van der Waals surface area contributed by atoms with E-state index in [1.807, 2.05) is 0 Å². The van der Waals surface area contributed by atoms with Gasteiger partial charge in [-0.1, -0.05) is 6.07 Å². The van der Waals surface area contributed by atoms with Crippen LogP contribution in [0.5, 0.6) is 23.0 Å². The van der Waals surface area contributed by atoms with Gasteiger partial charge in [0, 0.05) is 12.7 Å². The summed E-state index contributed by atoms with van der Waals surface area (Å²) in [6.45, 7) is 0.964. The van der Waals surface area contributed by atoms with E-state index in [-0.39, 0.29) is 0 Å². The molecule has 1 heterocycles. The number of halogens is 1. The molecule has 0 saturated heterocycles. The van der Waals surface area contributed by atoms with Crippen LogP contribution >= 0.6 is 15.9 Å². The Labute approximate surface area is 176 Å². The first-order valence-corrected chi connectivity index (χ1v) is 9.54. The molecule has 1 unspecified atom stereocenters. The second kappa shape index (κ2) is 9.62. The number of carbonyl (C=O) groups excluding carboxylic acids is 1. The number of amides is 1. The third-order valence-corrected chi connectivity index (χ3v) is 5.05. The largest absolute Gasteiger partial charge is 0.493 e. The fraction of sp³-hybridized carbons (Fsp3) is 0.300. The zero-order valence-electron chi connectivity index (χ0n) is 16.2. The maximum absolute atomic E-state index is 12.6. The Morgan fingerprint density at radius 2 is 1.90 bits per heavy atom. The number of benzene rings is 2. The maximum atomic E-state index is 12.6. The first kappa shape index (κ1) is 20.9. The van der Waals surface area contributed by atoms with Gasteiger partial charge >= 0.3 is 0 Å². The van der Waals surface area contributed by atoms with Crippen molar-refractivity contribution in [1.29, 1.82) is 0 Å². The summed E-state index contributed by atoms with van der Waals surface area (Å²) >= 11 is 3.46. The number of methoxy groups -OCH3 is 3. The Morgan fingerprint density at radius 3 is 2.59 bits per heavy atom. The summed E-state index contributed by atoms with van der Waals surface area (Å²) in [4.78, 5) is 12.6. The second-order valence-electron chi connectivity index (χ2n) is 5.96. The number of carbonyl (C=O) groups is 1. The van der Waals surface area contributed by atoms with E-state index in [2.05, 4.69) is 26.5 Å². The molecule has 0 spiro atoms. The van der Waals surface area contributed by atoms with E-state index in [1.54, 1.807) is 44.6 Å². The Kier molecular flexibility index (Phi) is 6.95. The summed E-state index contributed by atoms with van der Waals surface area (Å²) in [7, 11) is 4.55. The van der Waals surface area contributed by atoms with Gasteiger partial charge in [-0.15, -0.1) is 0 Å². The highest BCUT2D eigenvalue weighted by atomic mass is 79.9. The standard InChI is InChI=1S/C20H21BrN2O6/c1-25-15-7-5-13(17(21)19(15)27-3)11-22-23-20(24)18(26-2)12-4-6-14-16(10-12)29-9-8-28-14/h4-7,10-11,18H,8-9H2,1-3H3,(H,23,24). The highest BCUT2D eigenvalue weighted by Gasteiger charge is 2.22. The number of hydrogen-bond donors (Lipinski definition) is 1. The van der Waals surface area contributed by atoms with Crippen LogP contribution in [0.15, 0.2) is 39.9 Å². The number of nitrogens with one attached hydrogen (secondary N) is 1. The van der Waals surface area contributed by atoms with Crippen molar-refractivity contribution >= 4 is 28.1 Å². The van der Waals surface area contributed by atoms with E-state index in [0.717, 1.165) is 0 Å². The summed E-state index contributed by atoms with van der Waals surface area (Å²) in [6, 6.07) is 8.79. The third kappa shape index (κ3) is 4.63. The molecule has 1 aliphatic heterocycles. The van der Waals surface area contributed by atoms with Gasteiger partial charge < -0.3 is 23.7 Å². The van der Waals surface area contributed by atoms with Crippen molar-refractivity contribution in [3.63, 3.8) is 0 Å². The SMILES string of the molecule is COc1ccc(C=NNC(=O)C(OC)c2ccc3c(c2)OCCO3)c(Br)c1OC. The Bertz CT molecular complexity index is 918. The van der Waals surface area contributed by atoms with Gasteiger partial charge in [-0.3, -0.25) is 4.79 Å². The van der Waals surface area contributed by atoms with E-state index < -0.39 is 12.0 Å². The van der Waals surface area contributed by atoms with Gasteiger partial charge in [-0.25, -0.2) is 5.43 Å². The molecule has 3 rings (SSSR count). The summed E-state index contributed by atoms with van der Waals surface area (Å²) in [5.74, 6) is 1.93. The van der Waals surface area contributed by atoms with E-state index in [0.29, 0.717) is 51.8 Å². The molecule has 0 saturated carbocycles. The zero-order valence-corrected chi connectivity index (χ0v) is 17.8. The molecule has 0 aromatic heterocycles. The Hall–Kier alpha value is -2.78. The van der Waals surface area contributed by atoms with Crippen molar-refractivity contribution in [3.8, 4) is 23.0 Å². The van der Waals surface area contributed by atoms with Gasteiger partial charge in [-0.05, 0) is 45.8 Å². The molecule has 29 heavy (non-hydrogen) atoms. The molecule has 0 fully saturated rings. The molecule has 2 aromatic carbocycles. The monoisotopic (exact) mass is 464 g/mol. The molecule has 0 bridgehead atoms. The second-order valence-corrected chi connectivity index (χ2v) is 6.75. The number of ether oxygens (including phenoxy) is 5. The molecule has 2 aromatic rings. The topological polar surface area (TPSA) is 87.6 Å². The van der Waals surface area contributed by atoms with Gasteiger partial charge in [-0.2, -0.15) is 5.10 Å². The summed E-state index contributed by atoms with van der Waals surface area (Å²) < 4.78 is 27.7. The molecule has 9 heteroatoms. The van der Waals surface area contributed by atoms with Crippen molar-refractivity contribution in [2.24, 2.45) is 5.10 Å². The summed E-state index contributed by atoms with van der Waals surface area (Å²) in [5.41, 5.74) is 3.84. The van der Waals surface area contributed by atoms with Gasteiger partial charge in [0.05, 0.1) is 24.9 Å². The van der Waals surface area contributed by atoms with Crippen LogP contribution in [0.1, 0.15) is 17.2 Å². The van der Waals surface area contributed by atoms with Crippen LogP contribution in [0, 0.1) is 0 Å². The van der Waals surface area contributed by atoms with Gasteiger partial charge in [0.1, 0.15) is 13.2 Å². The smallest absolute Gasteiger partial charge is 0.273 e. The van der Waals surface area contributed by atoms with Crippen LogP contribution in [-0.4, -0.2) is 46.7 Å². The average Bonchev–Trinajstić information content (AvgIpc) is 2.75. The molecule has 154 valence electrons. The van der Waals surface area contributed by atoms with Crippen molar-refractivity contribution < 1.29 is 28.5 Å². The normalized spacial score (nSPS) is 13.8. The van der Waals surface area contributed by atoms with Crippen LogP contribution in [0.2, 0.25) is 0 Å². The molecule has 0 radical (unpaired) electrons. The first-order valence-electron chi connectivity index (χ1n) is 8.74. The van der Waals surface area contributed by atoms with Crippen LogP contribution in [0.4, 0.5) is 0 Å². The van der Waals surface area contributed by atoms with E-state index in [1.165, 1.54) is 13.3 Å². The molecule has 1 amide bonds. The Balaban J connectivity index is 1.72. The predicted molar refractivity (Wildman–Crippen MR) is 110 cm³/mol. The maximum Gasteiger partial charge on any atom is 0.273 e. The minimum atomic E-state index is -0.850. The lowest BCUT2D eigenvalue weighted by molar-refractivity contribution is -0.131. The van der Waals surface area contributed by atoms with Gasteiger partial charge in [0.15, 0.2) is 29.1 Å². The first-order chi connectivity index (χ1) is 14.1. The number of nitrogens with zero attached hydrogens (tertiary/aromatic N) is 1. The lowest BCUT2D eigenvalue weighted by Crippen LogP contribution is -2.27. The number of hydrazone groups is 1. The number of fused-ring (bicyclic) bond motifs is 1. The van der Waals surface area contributed by atoms with Crippen molar-refractivity contribution in [3.05, 3.63) is 45.9 Å². The summed E-state index contributed by atoms with van der Waals surface area (Å²) in [5, 5.41) is 4.03. The highest BCUT2D eigenvalue weighted by molar-refractivity contribution is 9.10. The number of hydrogen-bond acceptors (Lipinski definition) is 7. The predicted octanol–water partition coefficient (Wildman–Crippen LogP) is 3.08. The van der Waals surface area contributed by atoms with Crippen molar-refractivity contribution in [1.82, 2.24) is 5.43 Å². The third-order valence-electron chi connectivity index (χ3n) is 4.24. The van der Waals surface area contributed by atoms with E-state index in [9.17, 15) is 4.79 Å². The van der Waals surface area contributed by atoms with Crippen LogP contribution in [0.3, 0.4) is 0 Å². The molecule has 1 N–H and O–H groups in total. The quantitative estimate of drug-likeness (QED) is 0.500. The number of rotatable bonds is 7. The molecule has 0 aliphatic carbocycles. The summed E-state index contributed by atoms with van der Waals surface area (Å²) in [6.07, 6.45) is 0.650. The molecule has 8 nitrogen and oxygen atoms in total. The zero-order chi connectivity index (χ0) is 20.8. The van der Waals surface area contributed by atoms with Crippen LogP contribution in [-0.2, 0) is 9.53 Å². The minimum Gasteiger partial charge on any atom is -0.493 e. The molecule has 1 atom stereocenters. The molecular weight excluding hydrogens is 444 g/mol. The Morgan fingerprint density at radius 1 is 1.14 bits per heavy atom. The lowest BCUT2D eigenvalue weighted by Gasteiger charge is -2.20. The van der Waals surface area contributed by atoms with Crippen LogP contribution in [0.25, 0.3) is 0 Å². The van der Waals surface area contributed by atoms with E-state index >= 15 is 0 Å². The fourth-order valence-corrected chi connectivity index (χ4v) is 3.44. The van der Waals surface area contributed by atoms with Crippen molar-refractivity contribution in [2.45, 2.75) is 6.10 Å². The highest BCUT2D eigenvalue weighted by Crippen LogP contribution is 2.37. The molecular formula is C20H21BrN2O6. The lowest BCUT2D eigenvalue weighted by atomic mass is 10.1. The minimum absolute atomic E-state index is 0.419. The molecule has 1 aliphatic rings.